The zero-order chi connectivity index (χ0) is 13.1. The summed E-state index contributed by atoms with van der Waals surface area (Å²) in [6, 6.07) is 0. The van der Waals surface area contributed by atoms with E-state index in [-0.39, 0.29) is 37.8 Å². The van der Waals surface area contributed by atoms with Crippen molar-refractivity contribution in [2.45, 2.75) is 25.7 Å². The van der Waals surface area contributed by atoms with E-state index in [0.717, 1.165) is 6.29 Å². The molecule has 0 aliphatic heterocycles. The Kier molecular flexibility index (Phi) is 9.18. The standard InChI is InChI=1S/C11H19NO5/c13-6-1-2-9(4-7-14)10(15)8-12-5-3-11(16)17/h6,9,12,14H,1-5,7-8H2,(H,16,17). The van der Waals surface area contributed by atoms with Gasteiger partial charge in [-0.25, -0.2) is 0 Å². The molecule has 0 aliphatic rings. The molecule has 17 heavy (non-hydrogen) atoms. The molecule has 0 spiro atoms. The van der Waals surface area contributed by atoms with Crippen LogP contribution in [0.3, 0.4) is 0 Å². The van der Waals surface area contributed by atoms with Crippen LogP contribution in [0.2, 0.25) is 0 Å². The largest absolute Gasteiger partial charge is 0.481 e. The van der Waals surface area contributed by atoms with Crippen molar-refractivity contribution in [2.24, 2.45) is 5.92 Å². The molecule has 0 fully saturated rings. The molecule has 0 saturated carbocycles. The van der Waals surface area contributed by atoms with Crippen LogP contribution in [-0.4, -0.2) is 47.9 Å². The monoisotopic (exact) mass is 245 g/mol. The lowest BCUT2D eigenvalue weighted by Gasteiger charge is -2.13. The Labute approximate surface area is 100 Å². The summed E-state index contributed by atoms with van der Waals surface area (Å²) in [6.45, 7) is 0.224. The number of hydrogen-bond donors (Lipinski definition) is 3. The second-order valence-electron chi connectivity index (χ2n) is 3.74. The van der Waals surface area contributed by atoms with Gasteiger partial charge < -0.3 is 20.3 Å². The minimum atomic E-state index is -0.919. The lowest BCUT2D eigenvalue weighted by molar-refractivity contribution is -0.137. The molecule has 0 saturated heterocycles. The molecule has 0 bridgehead atoms. The Balaban J connectivity index is 3.87. The Morgan fingerprint density at radius 1 is 1.29 bits per heavy atom. The molecule has 1 unspecified atom stereocenters. The number of Topliss-reactive ketones (excluding diaryl/α,β-unsaturated/α-hetero) is 1. The number of aliphatic hydroxyl groups is 1. The third-order valence-corrected chi connectivity index (χ3v) is 2.38. The number of aldehydes is 1. The molecule has 0 aromatic carbocycles. The quantitative estimate of drug-likeness (QED) is 0.338. The Bertz CT molecular complexity index is 254. The zero-order valence-corrected chi connectivity index (χ0v) is 9.72. The first-order valence-electron chi connectivity index (χ1n) is 5.61. The van der Waals surface area contributed by atoms with Gasteiger partial charge in [-0.2, -0.15) is 0 Å². The van der Waals surface area contributed by atoms with E-state index in [0.29, 0.717) is 19.3 Å². The SMILES string of the molecule is O=CCCC(CCO)C(=O)CNCCC(=O)O. The third kappa shape index (κ3) is 8.53. The van der Waals surface area contributed by atoms with Gasteiger partial charge in [-0.15, -0.1) is 0 Å². The molecule has 0 aromatic heterocycles. The van der Waals surface area contributed by atoms with Crippen molar-refractivity contribution in [2.75, 3.05) is 19.7 Å². The summed E-state index contributed by atoms with van der Waals surface area (Å²) in [6.07, 6.45) is 1.78. The number of carbonyl (C=O) groups excluding carboxylic acids is 2. The van der Waals surface area contributed by atoms with Gasteiger partial charge in [-0.05, 0) is 12.8 Å². The first-order valence-corrected chi connectivity index (χ1v) is 5.61. The van der Waals surface area contributed by atoms with Gasteiger partial charge in [0.15, 0.2) is 0 Å². The molecule has 98 valence electrons. The predicted molar refractivity (Wildman–Crippen MR) is 60.6 cm³/mol. The molecule has 0 aliphatic carbocycles. The van der Waals surface area contributed by atoms with Crippen LogP contribution >= 0.6 is 0 Å². The van der Waals surface area contributed by atoms with E-state index >= 15 is 0 Å². The normalized spacial score (nSPS) is 12.1. The number of aliphatic hydroxyl groups excluding tert-OH is 1. The number of nitrogens with one attached hydrogen (secondary N) is 1. The minimum absolute atomic E-state index is 0.0354. The van der Waals surface area contributed by atoms with Gasteiger partial charge in [-0.3, -0.25) is 9.59 Å². The van der Waals surface area contributed by atoms with Gasteiger partial charge >= 0.3 is 5.97 Å². The molecule has 6 nitrogen and oxygen atoms in total. The maximum absolute atomic E-state index is 11.6. The van der Waals surface area contributed by atoms with Gasteiger partial charge in [-0.1, -0.05) is 0 Å². The molecule has 3 N–H and O–H groups in total. The molecule has 0 aromatic rings. The van der Waals surface area contributed by atoms with E-state index in [4.69, 9.17) is 10.2 Å². The summed E-state index contributed by atoms with van der Waals surface area (Å²) in [5.41, 5.74) is 0. The number of aliphatic carboxylic acids is 1. The second kappa shape index (κ2) is 9.92. The van der Waals surface area contributed by atoms with E-state index in [2.05, 4.69) is 5.32 Å². The lowest BCUT2D eigenvalue weighted by Crippen LogP contribution is -2.30. The number of hydrogen-bond acceptors (Lipinski definition) is 5. The van der Waals surface area contributed by atoms with Crippen LogP contribution < -0.4 is 5.32 Å². The zero-order valence-electron chi connectivity index (χ0n) is 9.72. The van der Waals surface area contributed by atoms with Crippen LogP contribution in [0.4, 0.5) is 0 Å². The van der Waals surface area contributed by atoms with E-state index in [9.17, 15) is 14.4 Å². The summed E-state index contributed by atoms with van der Waals surface area (Å²) in [7, 11) is 0. The van der Waals surface area contributed by atoms with Crippen molar-refractivity contribution >= 4 is 18.0 Å². The number of carboxylic acids is 1. The van der Waals surface area contributed by atoms with E-state index in [1.54, 1.807) is 0 Å². The summed E-state index contributed by atoms with van der Waals surface area (Å²) in [5, 5.41) is 19.9. The van der Waals surface area contributed by atoms with Crippen LogP contribution in [-0.2, 0) is 14.4 Å². The highest BCUT2D eigenvalue weighted by molar-refractivity contribution is 5.83. The maximum Gasteiger partial charge on any atom is 0.304 e. The van der Waals surface area contributed by atoms with Crippen molar-refractivity contribution in [3.05, 3.63) is 0 Å². The predicted octanol–water partition coefficient (Wildman–Crippen LogP) is -0.402. The van der Waals surface area contributed by atoms with Gasteiger partial charge in [0.05, 0.1) is 13.0 Å². The first kappa shape index (κ1) is 15.7. The molecule has 0 heterocycles. The van der Waals surface area contributed by atoms with Gasteiger partial charge in [0.25, 0.3) is 0 Å². The highest BCUT2D eigenvalue weighted by atomic mass is 16.4. The van der Waals surface area contributed by atoms with Crippen LogP contribution in [0.15, 0.2) is 0 Å². The third-order valence-electron chi connectivity index (χ3n) is 2.38. The lowest BCUT2D eigenvalue weighted by atomic mass is 9.95. The fraction of sp³-hybridized carbons (Fsp3) is 0.727. The van der Waals surface area contributed by atoms with Crippen molar-refractivity contribution in [1.82, 2.24) is 5.32 Å². The Morgan fingerprint density at radius 2 is 2.00 bits per heavy atom. The van der Waals surface area contributed by atoms with Gasteiger partial charge in [0, 0.05) is 25.5 Å². The summed E-state index contributed by atoms with van der Waals surface area (Å²) in [5.74, 6) is -1.34. The molecule has 0 rings (SSSR count). The molecule has 6 heteroatoms. The summed E-state index contributed by atoms with van der Waals surface area (Å²) >= 11 is 0. The van der Waals surface area contributed by atoms with E-state index in [1.165, 1.54) is 0 Å². The fourth-order valence-electron chi connectivity index (χ4n) is 1.44. The average molecular weight is 245 g/mol. The highest BCUT2D eigenvalue weighted by Crippen LogP contribution is 2.11. The van der Waals surface area contributed by atoms with Crippen molar-refractivity contribution in [1.29, 1.82) is 0 Å². The van der Waals surface area contributed by atoms with Crippen molar-refractivity contribution in [3.63, 3.8) is 0 Å². The Hall–Kier alpha value is -1.27. The molecule has 0 amide bonds. The number of carbonyl (C=O) groups is 3. The number of rotatable bonds is 11. The van der Waals surface area contributed by atoms with E-state index in [1.807, 2.05) is 0 Å². The van der Waals surface area contributed by atoms with Crippen molar-refractivity contribution < 1.29 is 24.6 Å². The summed E-state index contributed by atoms with van der Waals surface area (Å²) in [4.78, 5) is 32.1. The molecular formula is C11H19NO5. The highest BCUT2D eigenvalue weighted by Gasteiger charge is 2.16. The number of ketones is 1. The minimum Gasteiger partial charge on any atom is -0.481 e. The van der Waals surface area contributed by atoms with Crippen LogP contribution in [0.1, 0.15) is 25.7 Å². The van der Waals surface area contributed by atoms with Gasteiger partial charge in [0.2, 0.25) is 0 Å². The smallest absolute Gasteiger partial charge is 0.304 e. The number of carboxylic acid groups (broad SMARTS) is 1. The summed E-state index contributed by atoms with van der Waals surface area (Å²) < 4.78 is 0. The van der Waals surface area contributed by atoms with E-state index < -0.39 is 5.97 Å². The molecule has 1 atom stereocenters. The molecular weight excluding hydrogens is 226 g/mol. The Morgan fingerprint density at radius 3 is 2.53 bits per heavy atom. The van der Waals surface area contributed by atoms with Crippen LogP contribution in [0, 0.1) is 5.92 Å². The average Bonchev–Trinajstić information content (AvgIpc) is 2.29. The topological polar surface area (TPSA) is 104 Å². The fourth-order valence-corrected chi connectivity index (χ4v) is 1.44. The second-order valence-corrected chi connectivity index (χ2v) is 3.74. The van der Waals surface area contributed by atoms with Crippen LogP contribution in [0.25, 0.3) is 0 Å². The van der Waals surface area contributed by atoms with Gasteiger partial charge in [0.1, 0.15) is 12.1 Å². The molecule has 0 radical (unpaired) electrons. The maximum atomic E-state index is 11.6. The van der Waals surface area contributed by atoms with Crippen molar-refractivity contribution in [3.8, 4) is 0 Å². The first-order chi connectivity index (χ1) is 8.11. The van der Waals surface area contributed by atoms with Crippen LogP contribution in [0.5, 0.6) is 0 Å².